The molecule has 0 saturated heterocycles. The molecule has 1 aromatic heterocycles. The number of methoxy groups -OCH3 is 1. The van der Waals surface area contributed by atoms with Crippen molar-refractivity contribution in [2.24, 2.45) is 0 Å². The number of hydrogen-bond acceptors (Lipinski definition) is 3. The molecule has 78 valence electrons. The van der Waals surface area contributed by atoms with Gasteiger partial charge in [0.15, 0.2) is 0 Å². The summed E-state index contributed by atoms with van der Waals surface area (Å²) in [6.45, 7) is 0.395. The van der Waals surface area contributed by atoms with Crippen LogP contribution in [0.5, 0.6) is 0 Å². The van der Waals surface area contributed by atoms with E-state index in [-0.39, 0.29) is 0 Å². The van der Waals surface area contributed by atoms with E-state index in [9.17, 15) is 4.39 Å². The van der Waals surface area contributed by atoms with Crippen LogP contribution in [-0.2, 0) is 11.3 Å². The molecule has 0 bridgehead atoms. The Bertz CT molecular complexity index is 504. The van der Waals surface area contributed by atoms with Gasteiger partial charge in [-0.05, 0) is 12.1 Å². The zero-order chi connectivity index (χ0) is 10.8. The van der Waals surface area contributed by atoms with Gasteiger partial charge in [-0.3, -0.25) is 0 Å². The first-order chi connectivity index (χ1) is 7.20. The van der Waals surface area contributed by atoms with E-state index in [0.717, 1.165) is 15.4 Å². The van der Waals surface area contributed by atoms with Crippen molar-refractivity contribution in [2.45, 2.75) is 6.61 Å². The lowest BCUT2D eigenvalue weighted by atomic mass is 10.1. The van der Waals surface area contributed by atoms with Crippen LogP contribution in [0.3, 0.4) is 0 Å². The Kier molecular flexibility index (Phi) is 2.93. The second-order valence-electron chi connectivity index (χ2n) is 3.07. The van der Waals surface area contributed by atoms with Gasteiger partial charge in [0.1, 0.15) is 0 Å². The maximum absolute atomic E-state index is 12.9. The van der Waals surface area contributed by atoms with Crippen LogP contribution in [0, 0.1) is 6.08 Å². The highest BCUT2D eigenvalue weighted by Gasteiger charge is 2.06. The quantitative estimate of drug-likeness (QED) is 0.788. The van der Waals surface area contributed by atoms with Gasteiger partial charge in [-0.25, -0.2) is 9.97 Å². The van der Waals surface area contributed by atoms with Gasteiger partial charge in [0.2, 0.25) is 0 Å². The number of fused-ring (bicyclic) bond motifs is 1. The van der Waals surface area contributed by atoms with Gasteiger partial charge < -0.3 is 4.74 Å². The number of hydrogen-bond donors (Lipinski definition) is 0. The third-order valence-electron chi connectivity index (χ3n) is 2.00. The summed E-state index contributed by atoms with van der Waals surface area (Å²) in [4.78, 5) is 7.27. The van der Waals surface area contributed by atoms with Crippen molar-refractivity contribution >= 4 is 26.8 Å². The summed E-state index contributed by atoms with van der Waals surface area (Å²) in [7, 11) is 1.59. The predicted molar refractivity (Wildman–Crippen MR) is 57.9 cm³/mol. The number of benzene rings is 1. The van der Waals surface area contributed by atoms with E-state index in [1.165, 1.54) is 6.20 Å². The first-order valence-corrected chi connectivity index (χ1v) is 5.09. The highest BCUT2D eigenvalue weighted by molar-refractivity contribution is 9.10. The standard InChI is InChI=1S/C10H8BrFN2O/c1-15-5-7-3-8(11)2-6-4-13-10(12)14-9(6)7/h2-4H,5H2,1H3. The van der Waals surface area contributed by atoms with Gasteiger partial charge in [0, 0.05) is 28.7 Å². The van der Waals surface area contributed by atoms with Crippen molar-refractivity contribution in [1.29, 1.82) is 0 Å². The van der Waals surface area contributed by atoms with E-state index in [1.54, 1.807) is 7.11 Å². The number of halogens is 2. The van der Waals surface area contributed by atoms with Crippen molar-refractivity contribution in [3.63, 3.8) is 0 Å². The number of ether oxygens (including phenoxy) is 1. The van der Waals surface area contributed by atoms with Crippen LogP contribution >= 0.6 is 15.9 Å². The van der Waals surface area contributed by atoms with Gasteiger partial charge in [-0.1, -0.05) is 15.9 Å². The van der Waals surface area contributed by atoms with Gasteiger partial charge in [0.05, 0.1) is 12.1 Å². The molecule has 0 spiro atoms. The van der Waals surface area contributed by atoms with Crippen molar-refractivity contribution in [1.82, 2.24) is 9.97 Å². The van der Waals surface area contributed by atoms with E-state index in [1.807, 2.05) is 12.1 Å². The molecular weight excluding hydrogens is 263 g/mol. The van der Waals surface area contributed by atoms with Crippen molar-refractivity contribution < 1.29 is 9.13 Å². The van der Waals surface area contributed by atoms with Gasteiger partial charge in [-0.2, -0.15) is 4.39 Å². The zero-order valence-electron chi connectivity index (χ0n) is 8.00. The molecule has 0 aliphatic carbocycles. The summed E-state index contributed by atoms with van der Waals surface area (Å²) >= 11 is 3.37. The fraction of sp³-hybridized carbons (Fsp3) is 0.200. The summed E-state index contributed by atoms with van der Waals surface area (Å²) in [6.07, 6.45) is 0.740. The number of rotatable bonds is 2. The Labute approximate surface area is 94.4 Å². The summed E-state index contributed by atoms with van der Waals surface area (Å²) in [5.41, 5.74) is 1.43. The summed E-state index contributed by atoms with van der Waals surface area (Å²) in [5.74, 6) is 0. The zero-order valence-corrected chi connectivity index (χ0v) is 9.58. The minimum Gasteiger partial charge on any atom is -0.380 e. The predicted octanol–water partition coefficient (Wildman–Crippen LogP) is 2.68. The summed E-state index contributed by atoms with van der Waals surface area (Å²) in [6, 6.07) is 3.70. The Morgan fingerprint density at radius 3 is 3.00 bits per heavy atom. The lowest BCUT2D eigenvalue weighted by Gasteiger charge is -2.05. The van der Waals surface area contributed by atoms with Gasteiger partial charge >= 0.3 is 6.08 Å². The Morgan fingerprint density at radius 2 is 2.27 bits per heavy atom. The third-order valence-corrected chi connectivity index (χ3v) is 2.46. The van der Waals surface area contributed by atoms with E-state index < -0.39 is 6.08 Å². The monoisotopic (exact) mass is 270 g/mol. The van der Waals surface area contributed by atoms with E-state index >= 15 is 0 Å². The molecule has 0 aliphatic rings. The smallest absolute Gasteiger partial charge is 0.309 e. The second-order valence-corrected chi connectivity index (χ2v) is 3.99. The Balaban J connectivity index is 2.70. The van der Waals surface area contributed by atoms with Crippen molar-refractivity contribution in [2.75, 3.05) is 7.11 Å². The molecule has 0 fully saturated rings. The lowest BCUT2D eigenvalue weighted by molar-refractivity contribution is 0.185. The van der Waals surface area contributed by atoms with Gasteiger partial charge in [-0.15, -0.1) is 0 Å². The fourth-order valence-electron chi connectivity index (χ4n) is 1.42. The molecule has 15 heavy (non-hydrogen) atoms. The molecule has 5 heteroatoms. The molecule has 1 aromatic carbocycles. The molecule has 0 unspecified atom stereocenters. The maximum atomic E-state index is 12.9. The highest BCUT2D eigenvalue weighted by Crippen LogP contribution is 2.22. The molecule has 0 saturated carbocycles. The number of nitrogens with zero attached hydrogens (tertiary/aromatic N) is 2. The highest BCUT2D eigenvalue weighted by atomic mass is 79.9. The third kappa shape index (κ3) is 2.13. The van der Waals surface area contributed by atoms with Crippen LogP contribution in [0.15, 0.2) is 22.8 Å². The topological polar surface area (TPSA) is 35.0 Å². The Morgan fingerprint density at radius 1 is 1.47 bits per heavy atom. The molecule has 0 radical (unpaired) electrons. The van der Waals surface area contributed by atoms with Crippen LogP contribution in [0.1, 0.15) is 5.56 Å². The average Bonchev–Trinajstić information content (AvgIpc) is 2.19. The van der Waals surface area contributed by atoms with E-state index in [4.69, 9.17) is 4.74 Å². The van der Waals surface area contributed by atoms with Crippen molar-refractivity contribution in [3.05, 3.63) is 34.4 Å². The molecule has 0 atom stereocenters. The summed E-state index contributed by atoms with van der Waals surface area (Å²) in [5, 5.41) is 0.790. The Hall–Kier alpha value is -1.07. The molecular formula is C10H8BrFN2O. The molecule has 2 rings (SSSR count). The van der Waals surface area contributed by atoms with Crippen LogP contribution in [-0.4, -0.2) is 17.1 Å². The minimum atomic E-state index is -0.720. The SMILES string of the molecule is COCc1cc(Br)cc2cnc(F)nc12. The molecule has 1 heterocycles. The number of aromatic nitrogens is 2. The minimum absolute atomic E-state index is 0.395. The maximum Gasteiger partial charge on any atom is 0.309 e. The fourth-order valence-corrected chi connectivity index (χ4v) is 1.95. The van der Waals surface area contributed by atoms with Crippen LogP contribution in [0.25, 0.3) is 10.9 Å². The molecule has 0 amide bonds. The van der Waals surface area contributed by atoms with Gasteiger partial charge in [0.25, 0.3) is 0 Å². The first kappa shape index (κ1) is 10.4. The largest absolute Gasteiger partial charge is 0.380 e. The molecule has 0 N–H and O–H groups in total. The molecule has 2 aromatic rings. The van der Waals surface area contributed by atoms with E-state index in [0.29, 0.717) is 12.1 Å². The van der Waals surface area contributed by atoms with Crippen LogP contribution < -0.4 is 0 Å². The van der Waals surface area contributed by atoms with Crippen LogP contribution in [0.2, 0.25) is 0 Å². The van der Waals surface area contributed by atoms with Crippen LogP contribution in [0.4, 0.5) is 4.39 Å². The summed E-state index contributed by atoms with van der Waals surface area (Å²) < 4.78 is 18.8. The van der Waals surface area contributed by atoms with E-state index in [2.05, 4.69) is 25.9 Å². The second kappa shape index (κ2) is 4.20. The molecule has 3 nitrogen and oxygen atoms in total. The lowest BCUT2D eigenvalue weighted by Crippen LogP contribution is -1.96. The normalized spacial score (nSPS) is 10.9. The van der Waals surface area contributed by atoms with Crippen molar-refractivity contribution in [3.8, 4) is 0 Å². The average molecular weight is 271 g/mol. The molecule has 0 aliphatic heterocycles. The first-order valence-electron chi connectivity index (χ1n) is 4.30.